The minimum atomic E-state index is 0.680. The first-order valence-electron chi connectivity index (χ1n) is 6.74. The molecule has 102 valence electrons. The van der Waals surface area contributed by atoms with E-state index < -0.39 is 0 Å². The van der Waals surface area contributed by atoms with Crippen molar-refractivity contribution < 1.29 is 0 Å². The van der Waals surface area contributed by atoms with Gasteiger partial charge in [0.2, 0.25) is 0 Å². The highest BCUT2D eigenvalue weighted by atomic mass is 79.9. The highest BCUT2D eigenvalue weighted by Crippen LogP contribution is 2.23. The molecule has 0 amide bonds. The van der Waals surface area contributed by atoms with Crippen molar-refractivity contribution in [2.45, 2.75) is 38.8 Å². The third kappa shape index (κ3) is 3.80. The average Bonchev–Trinajstić information content (AvgIpc) is 2.71. The fourth-order valence-corrected chi connectivity index (χ4v) is 4.18. The topological polar surface area (TPSA) is 15.3 Å². The van der Waals surface area contributed by atoms with Gasteiger partial charge in [-0.05, 0) is 60.8 Å². The van der Waals surface area contributed by atoms with Crippen molar-refractivity contribution in [3.05, 3.63) is 20.8 Å². The Labute approximate surface area is 123 Å². The molecule has 4 heteroatoms. The number of hydrogen-bond donors (Lipinski definition) is 1. The molecule has 1 N–H and O–H groups in total. The lowest BCUT2D eigenvalue weighted by Crippen LogP contribution is -2.51. The quantitative estimate of drug-likeness (QED) is 0.910. The van der Waals surface area contributed by atoms with Crippen molar-refractivity contribution in [2.24, 2.45) is 5.92 Å². The summed E-state index contributed by atoms with van der Waals surface area (Å²) in [6, 6.07) is 5.74. The first-order valence-corrected chi connectivity index (χ1v) is 8.35. The number of likely N-dealkylation sites (tertiary alicyclic amines) is 1. The van der Waals surface area contributed by atoms with E-state index in [1.54, 1.807) is 0 Å². The average molecular weight is 331 g/mol. The molecule has 0 aromatic carbocycles. The lowest BCUT2D eigenvalue weighted by molar-refractivity contribution is 0.122. The van der Waals surface area contributed by atoms with Crippen molar-refractivity contribution in [3.8, 4) is 0 Å². The molecule has 0 bridgehead atoms. The van der Waals surface area contributed by atoms with E-state index in [9.17, 15) is 0 Å². The van der Waals surface area contributed by atoms with Crippen molar-refractivity contribution in [1.29, 1.82) is 0 Å². The van der Waals surface area contributed by atoms with Crippen molar-refractivity contribution in [1.82, 2.24) is 10.2 Å². The van der Waals surface area contributed by atoms with E-state index in [1.165, 1.54) is 21.6 Å². The Balaban J connectivity index is 1.76. The molecule has 1 aliphatic rings. The third-order valence-electron chi connectivity index (χ3n) is 4.02. The van der Waals surface area contributed by atoms with E-state index in [1.807, 2.05) is 11.3 Å². The van der Waals surface area contributed by atoms with Gasteiger partial charge >= 0.3 is 0 Å². The van der Waals surface area contributed by atoms with E-state index in [4.69, 9.17) is 0 Å². The van der Waals surface area contributed by atoms with Gasteiger partial charge in [0.15, 0.2) is 0 Å². The van der Waals surface area contributed by atoms with Gasteiger partial charge in [-0.1, -0.05) is 6.92 Å². The van der Waals surface area contributed by atoms with Gasteiger partial charge in [-0.3, -0.25) is 0 Å². The lowest BCUT2D eigenvalue weighted by Gasteiger charge is -2.40. The van der Waals surface area contributed by atoms with Crippen LogP contribution in [0.4, 0.5) is 0 Å². The Kier molecular flexibility index (Phi) is 5.24. The first-order chi connectivity index (χ1) is 8.56. The molecule has 0 spiro atoms. The molecule has 0 aliphatic carbocycles. The Bertz CT molecular complexity index is 380. The summed E-state index contributed by atoms with van der Waals surface area (Å²) in [5, 5.41) is 3.74. The number of rotatable bonds is 4. The normalized spacial score (nSPS) is 29.7. The molecule has 1 saturated heterocycles. The molecular formula is C14H23BrN2S. The van der Waals surface area contributed by atoms with Gasteiger partial charge < -0.3 is 10.2 Å². The molecule has 1 aliphatic heterocycles. The summed E-state index contributed by atoms with van der Waals surface area (Å²) in [6.07, 6.45) is 2.41. The van der Waals surface area contributed by atoms with Crippen LogP contribution in [0.1, 0.15) is 25.1 Å². The maximum absolute atomic E-state index is 3.74. The second kappa shape index (κ2) is 6.51. The van der Waals surface area contributed by atoms with E-state index in [0.717, 1.165) is 18.9 Å². The van der Waals surface area contributed by atoms with Gasteiger partial charge in [0.1, 0.15) is 0 Å². The summed E-state index contributed by atoms with van der Waals surface area (Å²) in [5.74, 6) is 0.751. The second-order valence-corrected chi connectivity index (χ2v) is 8.07. The third-order valence-corrected chi connectivity index (χ3v) is 5.70. The molecule has 2 nitrogen and oxygen atoms in total. The number of hydrogen-bond acceptors (Lipinski definition) is 3. The minimum Gasteiger partial charge on any atom is -0.313 e. The Morgan fingerprint density at radius 1 is 1.44 bits per heavy atom. The molecule has 0 radical (unpaired) electrons. The highest BCUT2D eigenvalue weighted by Gasteiger charge is 2.28. The lowest BCUT2D eigenvalue weighted by atomic mass is 9.90. The van der Waals surface area contributed by atoms with Crippen LogP contribution in [-0.4, -0.2) is 37.1 Å². The SMILES string of the molecule is CC1CN(C)C(C)CC1NCCc1ccc(Br)s1. The Morgan fingerprint density at radius 3 is 2.89 bits per heavy atom. The Morgan fingerprint density at radius 2 is 2.22 bits per heavy atom. The number of halogens is 1. The van der Waals surface area contributed by atoms with E-state index in [-0.39, 0.29) is 0 Å². The van der Waals surface area contributed by atoms with E-state index in [0.29, 0.717) is 12.1 Å². The summed E-state index contributed by atoms with van der Waals surface area (Å²) in [5.41, 5.74) is 0. The zero-order valence-electron chi connectivity index (χ0n) is 11.4. The standard InChI is InChI=1S/C14H23BrN2S/c1-10-9-17(3)11(2)8-13(10)16-7-6-12-4-5-14(15)18-12/h4-5,10-11,13,16H,6-9H2,1-3H3. The van der Waals surface area contributed by atoms with Crippen LogP contribution in [-0.2, 0) is 6.42 Å². The molecule has 3 unspecified atom stereocenters. The summed E-state index contributed by atoms with van der Waals surface area (Å²) in [7, 11) is 2.24. The fourth-order valence-electron chi connectivity index (χ4n) is 2.69. The van der Waals surface area contributed by atoms with Gasteiger partial charge in [-0.15, -0.1) is 11.3 Å². The maximum atomic E-state index is 3.74. The maximum Gasteiger partial charge on any atom is 0.0701 e. The van der Waals surface area contributed by atoms with Gasteiger partial charge in [-0.25, -0.2) is 0 Å². The van der Waals surface area contributed by atoms with Crippen LogP contribution in [0.25, 0.3) is 0 Å². The molecule has 2 heterocycles. The molecule has 3 atom stereocenters. The van der Waals surface area contributed by atoms with Gasteiger partial charge in [0, 0.05) is 30.1 Å². The number of thiophene rings is 1. The largest absolute Gasteiger partial charge is 0.313 e. The summed E-state index contributed by atoms with van der Waals surface area (Å²) >= 11 is 5.36. The number of nitrogens with zero attached hydrogens (tertiary/aromatic N) is 1. The number of piperidine rings is 1. The van der Waals surface area contributed by atoms with Crippen molar-refractivity contribution >= 4 is 27.3 Å². The molecule has 1 aromatic rings. The molecule has 18 heavy (non-hydrogen) atoms. The van der Waals surface area contributed by atoms with E-state index in [2.05, 4.69) is 59.2 Å². The van der Waals surface area contributed by atoms with Crippen LogP contribution in [0.5, 0.6) is 0 Å². The predicted octanol–water partition coefficient (Wildman–Crippen LogP) is 3.37. The monoisotopic (exact) mass is 330 g/mol. The van der Waals surface area contributed by atoms with Gasteiger partial charge in [0.05, 0.1) is 3.79 Å². The fraction of sp³-hybridized carbons (Fsp3) is 0.714. The smallest absolute Gasteiger partial charge is 0.0701 e. The van der Waals surface area contributed by atoms with Crippen molar-refractivity contribution in [3.63, 3.8) is 0 Å². The minimum absolute atomic E-state index is 0.680. The molecule has 1 aromatic heterocycles. The van der Waals surface area contributed by atoms with Crippen LogP contribution in [0.15, 0.2) is 15.9 Å². The summed E-state index contributed by atoms with van der Waals surface area (Å²) < 4.78 is 1.23. The van der Waals surface area contributed by atoms with Gasteiger partial charge in [0.25, 0.3) is 0 Å². The number of nitrogens with one attached hydrogen (secondary N) is 1. The highest BCUT2D eigenvalue weighted by molar-refractivity contribution is 9.11. The molecule has 2 rings (SSSR count). The van der Waals surface area contributed by atoms with Gasteiger partial charge in [-0.2, -0.15) is 0 Å². The summed E-state index contributed by atoms with van der Waals surface area (Å²) in [6.45, 7) is 7.00. The molecule has 1 fully saturated rings. The predicted molar refractivity (Wildman–Crippen MR) is 83.4 cm³/mol. The second-order valence-electron chi connectivity index (χ2n) is 5.52. The van der Waals surface area contributed by atoms with Crippen LogP contribution >= 0.6 is 27.3 Å². The molecule has 0 saturated carbocycles. The van der Waals surface area contributed by atoms with Crippen LogP contribution < -0.4 is 5.32 Å². The van der Waals surface area contributed by atoms with Crippen molar-refractivity contribution in [2.75, 3.05) is 20.1 Å². The van der Waals surface area contributed by atoms with Crippen LogP contribution in [0.2, 0.25) is 0 Å². The first kappa shape index (κ1) is 14.5. The zero-order chi connectivity index (χ0) is 13.1. The molecular weight excluding hydrogens is 308 g/mol. The zero-order valence-corrected chi connectivity index (χ0v) is 13.9. The van der Waals surface area contributed by atoms with Crippen LogP contribution in [0.3, 0.4) is 0 Å². The van der Waals surface area contributed by atoms with Crippen LogP contribution in [0, 0.1) is 5.92 Å². The Hall–Kier alpha value is 0.1000. The van der Waals surface area contributed by atoms with E-state index >= 15 is 0 Å². The summed E-state index contributed by atoms with van der Waals surface area (Å²) in [4.78, 5) is 3.93.